The molecule has 4 aliphatic rings. The van der Waals surface area contributed by atoms with Crippen molar-refractivity contribution >= 4 is 5.91 Å². The second-order valence-electron chi connectivity index (χ2n) is 7.58. The van der Waals surface area contributed by atoms with Gasteiger partial charge in [-0.1, -0.05) is 0 Å². The van der Waals surface area contributed by atoms with Gasteiger partial charge >= 0.3 is 0 Å². The van der Waals surface area contributed by atoms with Crippen molar-refractivity contribution in [2.24, 2.45) is 17.6 Å². The second kappa shape index (κ2) is 5.52. The highest BCUT2D eigenvalue weighted by Crippen LogP contribution is 2.38. The summed E-state index contributed by atoms with van der Waals surface area (Å²) < 4.78 is 0. The van der Waals surface area contributed by atoms with Crippen LogP contribution >= 0.6 is 0 Å². The molecule has 0 aromatic carbocycles. The van der Waals surface area contributed by atoms with Gasteiger partial charge < -0.3 is 16.0 Å². The minimum atomic E-state index is 0.331. The van der Waals surface area contributed by atoms with Gasteiger partial charge in [0, 0.05) is 44.7 Å². The number of nitrogens with zero attached hydrogens (tertiary/aromatic N) is 2. The number of nitrogens with two attached hydrogens (primary N) is 1. The average molecular weight is 292 g/mol. The largest absolute Gasteiger partial charge is 0.339 e. The Kier molecular flexibility index (Phi) is 3.67. The molecule has 3 unspecified atom stereocenters. The molecule has 3 N–H and O–H groups in total. The normalized spacial score (nSPS) is 44.5. The predicted molar refractivity (Wildman–Crippen MR) is 81.5 cm³/mol. The molecule has 0 radical (unpaired) electrons. The summed E-state index contributed by atoms with van der Waals surface area (Å²) in [6, 6.07) is 0.855. The van der Waals surface area contributed by atoms with Gasteiger partial charge in [0.1, 0.15) is 0 Å². The minimum absolute atomic E-state index is 0.331. The molecule has 0 aromatic rings. The Bertz CT molecular complexity index is 407. The van der Waals surface area contributed by atoms with Crippen molar-refractivity contribution in [2.75, 3.05) is 26.2 Å². The Balaban J connectivity index is 1.45. The first-order valence-electron chi connectivity index (χ1n) is 8.73. The topological polar surface area (TPSA) is 61.6 Å². The lowest BCUT2D eigenvalue weighted by molar-refractivity contribution is -0.146. The summed E-state index contributed by atoms with van der Waals surface area (Å²) in [5, 5.41) is 3.63. The Morgan fingerprint density at radius 2 is 2.05 bits per heavy atom. The summed E-state index contributed by atoms with van der Waals surface area (Å²) in [4.78, 5) is 17.0. The first-order valence-corrected chi connectivity index (χ1v) is 8.73. The first kappa shape index (κ1) is 14.0. The van der Waals surface area contributed by atoms with Gasteiger partial charge in [0.2, 0.25) is 5.91 Å². The highest BCUT2D eigenvalue weighted by Gasteiger charge is 2.45. The fraction of sp³-hybridized carbons (Fsp3) is 0.938. The van der Waals surface area contributed by atoms with Crippen LogP contribution in [0.4, 0.5) is 0 Å². The number of carbonyl (C=O) groups is 1. The lowest BCUT2D eigenvalue weighted by atomic mass is 9.75. The SMILES string of the molecule is NC1CCC(N2C[C@@H]3C[C@@H](C2)C2CCCC(=O)N2C3)NC1. The van der Waals surface area contributed by atoms with E-state index in [-0.39, 0.29) is 0 Å². The number of carbonyl (C=O) groups excluding carboxylic acids is 1. The number of nitrogens with one attached hydrogen (secondary N) is 1. The molecule has 4 saturated heterocycles. The molecule has 4 heterocycles. The number of rotatable bonds is 1. The number of fused-ring (bicyclic) bond motifs is 4. The van der Waals surface area contributed by atoms with Gasteiger partial charge in [0.25, 0.3) is 0 Å². The second-order valence-corrected chi connectivity index (χ2v) is 7.58. The number of hydrogen-bond donors (Lipinski definition) is 2. The number of hydrogen-bond acceptors (Lipinski definition) is 4. The molecule has 4 rings (SSSR count). The van der Waals surface area contributed by atoms with E-state index in [9.17, 15) is 4.79 Å². The van der Waals surface area contributed by atoms with E-state index in [1.807, 2.05) is 0 Å². The molecule has 5 nitrogen and oxygen atoms in total. The van der Waals surface area contributed by atoms with Crippen molar-refractivity contribution in [3.05, 3.63) is 0 Å². The van der Waals surface area contributed by atoms with Crippen molar-refractivity contribution < 1.29 is 4.79 Å². The van der Waals surface area contributed by atoms with Crippen molar-refractivity contribution in [2.45, 2.75) is 56.8 Å². The van der Waals surface area contributed by atoms with E-state index >= 15 is 0 Å². The summed E-state index contributed by atoms with van der Waals surface area (Å²) in [5.41, 5.74) is 6.00. The quantitative estimate of drug-likeness (QED) is 0.732. The van der Waals surface area contributed by atoms with Gasteiger partial charge in [-0.3, -0.25) is 9.69 Å². The zero-order chi connectivity index (χ0) is 14.4. The van der Waals surface area contributed by atoms with Gasteiger partial charge in [-0.05, 0) is 43.9 Å². The molecule has 4 fully saturated rings. The predicted octanol–water partition coefficient (Wildman–Crippen LogP) is 0.356. The maximum atomic E-state index is 12.2. The van der Waals surface area contributed by atoms with E-state index in [0.717, 1.165) is 45.4 Å². The third-order valence-corrected chi connectivity index (χ3v) is 6.08. The molecule has 0 spiro atoms. The zero-order valence-corrected chi connectivity index (χ0v) is 12.8. The van der Waals surface area contributed by atoms with Crippen molar-refractivity contribution in [3.8, 4) is 0 Å². The maximum Gasteiger partial charge on any atom is 0.222 e. The van der Waals surface area contributed by atoms with Crippen LogP contribution in [0.1, 0.15) is 38.5 Å². The van der Waals surface area contributed by atoms with Gasteiger partial charge in [0.05, 0.1) is 6.17 Å². The molecule has 5 heteroatoms. The summed E-state index contributed by atoms with van der Waals surface area (Å²) in [7, 11) is 0. The first-order chi connectivity index (χ1) is 10.2. The van der Waals surface area contributed by atoms with Crippen molar-refractivity contribution in [1.29, 1.82) is 0 Å². The van der Waals surface area contributed by atoms with Crippen LogP contribution in [-0.4, -0.2) is 60.1 Å². The highest BCUT2D eigenvalue weighted by atomic mass is 16.2. The van der Waals surface area contributed by atoms with E-state index in [0.29, 0.717) is 36.0 Å². The molecule has 0 saturated carbocycles. The van der Waals surface area contributed by atoms with Crippen LogP contribution in [-0.2, 0) is 4.79 Å². The zero-order valence-electron chi connectivity index (χ0n) is 12.8. The van der Waals surface area contributed by atoms with Gasteiger partial charge in [-0.15, -0.1) is 0 Å². The summed E-state index contributed by atoms with van der Waals surface area (Å²) in [5.74, 6) is 1.79. The molecule has 5 atom stereocenters. The Hall–Kier alpha value is -0.650. The molecule has 4 aliphatic heterocycles. The summed E-state index contributed by atoms with van der Waals surface area (Å²) >= 11 is 0. The molecule has 1 amide bonds. The van der Waals surface area contributed by atoms with E-state index in [1.165, 1.54) is 19.3 Å². The number of piperidine rings is 4. The van der Waals surface area contributed by atoms with Crippen LogP contribution in [0.3, 0.4) is 0 Å². The van der Waals surface area contributed by atoms with Crippen molar-refractivity contribution in [3.63, 3.8) is 0 Å². The molecule has 0 aliphatic carbocycles. The highest BCUT2D eigenvalue weighted by molar-refractivity contribution is 5.77. The van der Waals surface area contributed by atoms with Gasteiger partial charge in [-0.25, -0.2) is 0 Å². The Labute approximate surface area is 127 Å². The lowest BCUT2D eigenvalue weighted by Gasteiger charge is -2.54. The van der Waals surface area contributed by atoms with Crippen LogP contribution in [0.5, 0.6) is 0 Å². The lowest BCUT2D eigenvalue weighted by Crippen LogP contribution is -2.64. The molecular formula is C16H28N4O. The molecular weight excluding hydrogens is 264 g/mol. The smallest absolute Gasteiger partial charge is 0.222 e. The van der Waals surface area contributed by atoms with Crippen LogP contribution in [0.15, 0.2) is 0 Å². The number of likely N-dealkylation sites (tertiary alicyclic amines) is 1. The van der Waals surface area contributed by atoms with Crippen LogP contribution in [0.2, 0.25) is 0 Å². The molecule has 118 valence electrons. The Morgan fingerprint density at radius 3 is 2.86 bits per heavy atom. The third-order valence-electron chi connectivity index (χ3n) is 6.08. The van der Waals surface area contributed by atoms with E-state index < -0.39 is 0 Å². The fourth-order valence-corrected chi connectivity index (χ4v) is 5.08. The monoisotopic (exact) mass is 292 g/mol. The minimum Gasteiger partial charge on any atom is -0.339 e. The van der Waals surface area contributed by atoms with Crippen LogP contribution in [0.25, 0.3) is 0 Å². The fourth-order valence-electron chi connectivity index (χ4n) is 5.08. The van der Waals surface area contributed by atoms with Crippen molar-refractivity contribution in [1.82, 2.24) is 15.1 Å². The summed E-state index contributed by atoms with van der Waals surface area (Å²) in [6.07, 6.45) is 7.25. The van der Waals surface area contributed by atoms with Gasteiger partial charge in [-0.2, -0.15) is 0 Å². The standard InChI is InChI=1S/C16H28N4O/c17-13-4-5-15(18-7-13)19-8-11-6-12(10-19)14-2-1-3-16(21)20(14)9-11/h11-15,18H,1-10,17H2/t11-,12-,13?,14?,15?/m0/s1. The van der Waals surface area contributed by atoms with E-state index in [1.54, 1.807) is 0 Å². The number of amides is 1. The van der Waals surface area contributed by atoms with E-state index in [2.05, 4.69) is 15.1 Å². The van der Waals surface area contributed by atoms with Crippen LogP contribution < -0.4 is 11.1 Å². The van der Waals surface area contributed by atoms with Gasteiger partial charge in [0.15, 0.2) is 0 Å². The Morgan fingerprint density at radius 1 is 1.14 bits per heavy atom. The molecule has 2 bridgehead atoms. The third kappa shape index (κ3) is 2.60. The summed E-state index contributed by atoms with van der Waals surface area (Å²) in [6.45, 7) is 4.27. The molecule has 0 aromatic heterocycles. The maximum absolute atomic E-state index is 12.2. The van der Waals surface area contributed by atoms with E-state index in [4.69, 9.17) is 5.73 Å². The van der Waals surface area contributed by atoms with Crippen LogP contribution in [0, 0.1) is 11.8 Å². The average Bonchev–Trinajstić information content (AvgIpc) is 2.49. The molecule has 21 heavy (non-hydrogen) atoms.